The minimum absolute atomic E-state index is 0.125. The molecule has 1 amide bonds. The Labute approximate surface area is 119 Å². The van der Waals surface area contributed by atoms with E-state index in [0.29, 0.717) is 17.9 Å². The predicted molar refractivity (Wildman–Crippen MR) is 80.1 cm³/mol. The maximum absolute atomic E-state index is 12.4. The van der Waals surface area contributed by atoms with Gasteiger partial charge in [0, 0.05) is 17.8 Å². The first-order valence-corrected chi connectivity index (χ1v) is 6.65. The molecule has 1 aromatic heterocycles. The van der Waals surface area contributed by atoms with Crippen LogP contribution in [0.15, 0.2) is 28.7 Å². The molecule has 0 spiro atoms. The lowest BCUT2D eigenvalue weighted by atomic mass is 10.1. The molecular weight excluding hydrogens is 252 g/mol. The second-order valence-electron chi connectivity index (χ2n) is 4.86. The number of carbonyl (C=O) groups is 1. The van der Waals surface area contributed by atoms with Gasteiger partial charge in [-0.3, -0.25) is 4.79 Å². The van der Waals surface area contributed by atoms with Crippen LogP contribution in [-0.4, -0.2) is 13.0 Å². The minimum Gasteiger partial charge on any atom is -0.466 e. The van der Waals surface area contributed by atoms with Gasteiger partial charge >= 0.3 is 0 Å². The van der Waals surface area contributed by atoms with Crippen LogP contribution in [0.25, 0.3) is 0 Å². The van der Waals surface area contributed by atoms with Crippen LogP contribution >= 0.6 is 0 Å². The van der Waals surface area contributed by atoms with Crippen molar-refractivity contribution < 1.29 is 9.21 Å². The van der Waals surface area contributed by atoms with Gasteiger partial charge in [-0.1, -0.05) is 18.2 Å². The van der Waals surface area contributed by atoms with Gasteiger partial charge in [-0.15, -0.1) is 0 Å². The summed E-state index contributed by atoms with van der Waals surface area (Å²) >= 11 is 0. The number of carbonyl (C=O) groups excluding carboxylic acids is 1. The van der Waals surface area contributed by atoms with E-state index in [0.717, 1.165) is 22.6 Å². The highest BCUT2D eigenvalue weighted by Gasteiger charge is 2.19. The lowest BCUT2D eigenvalue weighted by molar-refractivity contribution is 0.102. The van der Waals surface area contributed by atoms with Crippen molar-refractivity contribution in [2.75, 3.05) is 12.4 Å². The van der Waals surface area contributed by atoms with Crippen LogP contribution in [-0.2, 0) is 6.54 Å². The molecule has 0 bridgehead atoms. The van der Waals surface area contributed by atoms with Crippen molar-refractivity contribution >= 4 is 11.6 Å². The van der Waals surface area contributed by atoms with Gasteiger partial charge in [-0.2, -0.15) is 0 Å². The molecule has 1 aromatic carbocycles. The van der Waals surface area contributed by atoms with Crippen LogP contribution in [0, 0.1) is 20.8 Å². The molecule has 20 heavy (non-hydrogen) atoms. The Bertz CT molecular complexity index is 629. The van der Waals surface area contributed by atoms with Gasteiger partial charge in [0.15, 0.2) is 0 Å². The van der Waals surface area contributed by atoms with E-state index in [1.807, 2.05) is 52.1 Å². The third-order valence-electron chi connectivity index (χ3n) is 3.42. The van der Waals surface area contributed by atoms with Gasteiger partial charge in [0.2, 0.25) is 0 Å². The van der Waals surface area contributed by atoms with Crippen LogP contribution in [0.5, 0.6) is 0 Å². The van der Waals surface area contributed by atoms with Gasteiger partial charge in [0.1, 0.15) is 11.5 Å². The zero-order valence-corrected chi connectivity index (χ0v) is 12.3. The summed E-state index contributed by atoms with van der Waals surface area (Å²) < 4.78 is 5.51. The quantitative estimate of drug-likeness (QED) is 0.898. The number of hydrogen-bond donors (Lipinski definition) is 2. The molecule has 2 rings (SSSR count). The fraction of sp³-hybridized carbons (Fsp3) is 0.312. The Morgan fingerprint density at radius 2 is 1.85 bits per heavy atom. The molecule has 0 saturated heterocycles. The van der Waals surface area contributed by atoms with Crippen LogP contribution in [0.2, 0.25) is 0 Å². The molecule has 0 fully saturated rings. The Kier molecular flexibility index (Phi) is 4.25. The number of hydrogen-bond acceptors (Lipinski definition) is 3. The molecule has 106 valence electrons. The van der Waals surface area contributed by atoms with Gasteiger partial charge < -0.3 is 15.1 Å². The van der Waals surface area contributed by atoms with Crippen molar-refractivity contribution in [3.63, 3.8) is 0 Å². The van der Waals surface area contributed by atoms with E-state index >= 15 is 0 Å². The highest BCUT2D eigenvalue weighted by atomic mass is 16.3. The molecule has 2 aromatic rings. The summed E-state index contributed by atoms with van der Waals surface area (Å²) in [4.78, 5) is 12.4. The second kappa shape index (κ2) is 5.92. The molecule has 0 atom stereocenters. The summed E-state index contributed by atoms with van der Waals surface area (Å²) in [6.07, 6.45) is 0. The first kappa shape index (κ1) is 14.3. The number of nitrogens with one attached hydrogen (secondary N) is 2. The summed E-state index contributed by atoms with van der Waals surface area (Å²) in [6, 6.07) is 7.77. The molecule has 0 aliphatic heterocycles. The standard InChI is InChI=1S/C16H20N2O2/c1-10-11(2)20-12(3)15(10)16(19)18-14-8-6-5-7-13(14)9-17-4/h5-8,17H,9H2,1-4H3,(H,18,19). The van der Waals surface area contributed by atoms with Gasteiger partial charge in [-0.25, -0.2) is 0 Å². The van der Waals surface area contributed by atoms with E-state index in [2.05, 4.69) is 10.6 Å². The van der Waals surface area contributed by atoms with Crippen molar-refractivity contribution in [2.45, 2.75) is 27.3 Å². The number of aryl methyl sites for hydroxylation is 2. The van der Waals surface area contributed by atoms with E-state index in [4.69, 9.17) is 4.42 Å². The zero-order valence-electron chi connectivity index (χ0n) is 12.3. The molecule has 0 saturated carbocycles. The molecule has 4 nitrogen and oxygen atoms in total. The van der Waals surface area contributed by atoms with Crippen molar-refractivity contribution in [3.8, 4) is 0 Å². The lowest BCUT2D eigenvalue weighted by Gasteiger charge is -2.10. The zero-order chi connectivity index (χ0) is 14.7. The van der Waals surface area contributed by atoms with E-state index in [-0.39, 0.29) is 5.91 Å². The third-order valence-corrected chi connectivity index (χ3v) is 3.42. The van der Waals surface area contributed by atoms with E-state index < -0.39 is 0 Å². The first-order chi connectivity index (χ1) is 9.54. The third kappa shape index (κ3) is 2.75. The fourth-order valence-corrected chi connectivity index (χ4v) is 2.30. The Balaban J connectivity index is 2.28. The smallest absolute Gasteiger partial charge is 0.259 e. The number of furan rings is 1. The first-order valence-electron chi connectivity index (χ1n) is 6.65. The summed E-state index contributed by atoms with van der Waals surface area (Å²) in [6.45, 7) is 6.29. The van der Waals surface area contributed by atoms with Crippen LogP contribution in [0.4, 0.5) is 5.69 Å². The lowest BCUT2D eigenvalue weighted by Crippen LogP contribution is -2.16. The average molecular weight is 272 g/mol. The van der Waals surface area contributed by atoms with Crippen molar-refractivity contribution in [2.24, 2.45) is 0 Å². The minimum atomic E-state index is -0.125. The Morgan fingerprint density at radius 3 is 2.45 bits per heavy atom. The second-order valence-corrected chi connectivity index (χ2v) is 4.86. The van der Waals surface area contributed by atoms with E-state index in [1.165, 1.54) is 0 Å². The fourth-order valence-electron chi connectivity index (χ4n) is 2.30. The molecule has 2 N–H and O–H groups in total. The number of para-hydroxylation sites is 1. The molecule has 1 heterocycles. The summed E-state index contributed by atoms with van der Waals surface area (Å²) in [7, 11) is 1.88. The summed E-state index contributed by atoms with van der Waals surface area (Å²) in [5.41, 5.74) is 3.40. The maximum Gasteiger partial charge on any atom is 0.259 e. The average Bonchev–Trinajstić information content (AvgIpc) is 2.66. The molecule has 4 heteroatoms. The number of benzene rings is 1. The highest BCUT2D eigenvalue weighted by Crippen LogP contribution is 2.23. The monoisotopic (exact) mass is 272 g/mol. The molecule has 0 unspecified atom stereocenters. The van der Waals surface area contributed by atoms with Crippen molar-refractivity contribution in [1.82, 2.24) is 5.32 Å². The highest BCUT2D eigenvalue weighted by molar-refractivity contribution is 6.06. The molecule has 0 aliphatic carbocycles. The van der Waals surface area contributed by atoms with Crippen LogP contribution < -0.4 is 10.6 Å². The number of amides is 1. The van der Waals surface area contributed by atoms with Gasteiger partial charge in [0.05, 0.1) is 5.56 Å². The summed E-state index contributed by atoms with van der Waals surface area (Å²) in [5, 5.41) is 6.06. The van der Waals surface area contributed by atoms with Crippen LogP contribution in [0.3, 0.4) is 0 Å². The van der Waals surface area contributed by atoms with Crippen LogP contribution in [0.1, 0.15) is 33.0 Å². The van der Waals surface area contributed by atoms with Gasteiger partial charge in [0.25, 0.3) is 5.91 Å². The Hall–Kier alpha value is -2.07. The number of rotatable bonds is 4. The maximum atomic E-state index is 12.4. The predicted octanol–water partition coefficient (Wildman–Crippen LogP) is 3.18. The Morgan fingerprint density at radius 1 is 1.15 bits per heavy atom. The topological polar surface area (TPSA) is 54.3 Å². The molecule has 0 aliphatic rings. The molecule has 0 radical (unpaired) electrons. The normalized spacial score (nSPS) is 10.6. The van der Waals surface area contributed by atoms with Crippen molar-refractivity contribution in [1.29, 1.82) is 0 Å². The SMILES string of the molecule is CNCc1ccccc1NC(=O)c1c(C)oc(C)c1C. The van der Waals surface area contributed by atoms with Gasteiger partial charge in [-0.05, 0) is 39.4 Å². The molecular formula is C16H20N2O2. The van der Waals surface area contributed by atoms with Crippen molar-refractivity contribution in [3.05, 3.63) is 52.5 Å². The number of anilines is 1. The van der Waals surface area contributed by atoms with E-state index in [9.17, 15) is 4.79 Å². The summed E-state index contributed by atoms with van der Waals surface area (Å²) in [5.74, 6) is 1.32. The van der Waals surface area contributed by atoms with E-state index in [1.54, 1.807) is 0 Å². The largest absolute Gasteiger partial charge is 0.466 e.